The Morgan fingerprint density at radius 1 is 1.14 bits per heavy atom. The summed E-state index contributed by atoms with van der Waals surface area (Å²) in [5.41, 5.74) is 5.65. The number of benzene rings is 3. The zero-order chi connectivity index (χ0) is 29.4. The topological polar surface area (TPSA) is 78.5 Å². The lowest BCUT2D eigenvalue weighted by molar-refractivity contribution is 0.0679. The fraction of sp³-hybridized carbons (Fsp3) is 0.333. The first kappa shape index (κ1) is 28.2. The highest BCUT2D eigenvalue weighted by molar-refractivity contribution is 6.35. The van der Waals surface area contributed by atoms with Gasteiger partial charge in [0.25, 0.3) is 0 Å². The molecule has 1 N–H and O–H groups in total. The molecule has 5 aromatic rings. The molecule has 0 unspecified atom stereocenters. The molecule has 1 aliphatic rings. The molecule has 0 saturated carbocycles. The Hall–Kier alpha value is -3.88. The molecule has 9 heteroatoms. The van der Waals surface area contributed by atoms with Gasteiger partial charge in [-0.2, -0.15) is 5.10 Å². The first-order chi connectivity index (χ1) is 20.4. The number of carbonyl (C=O) groups is 1. The third-order valence-corrected chi connectivity index (χ3v) is 8.41. The van der Waals surface area contributed by atoms with Crippen LogP contribution in [0.15, 0.2) is 48.5 Å². The molecule has 0 aliphatic carbocycles. The Labute approximate surface area is 248 Å². The van der Waals surface area contributed by atoms with Gasteiger partial charge in [0.05, 0.1) is 29.4 Å². The Kier molecular flexibility index (Phi) is 7.92. The van der Waals surface area contributed by atoms with Gasteiger partial charge in [-0.1, -0.05) is 36.7 Å². The van der Waals surface area contributed by atoms with Crippen LogP contribution in [0.4, 0.5) is 4.39 Å². The van der Waals surface area contributed by atoms with Crippen molar-refractivity contribution in [1.82, 2.24) is 14.3 Å². The quantitative estimate of drug-likeness (QED) is 0.203. The molecular formula is C33H33ClFN3O4. The third kappa shape index (κ3) is 5.03. The largest absolute Gasteiger partial charge is 0.493 e. The van der Waals surface area contributed by atoms with Crippen molar-refractivity contribution in [2.75, 3.05) is 19.8 Å². The number of rotatable bonds is 7. The van der Waals surface area contributed by atoms with Crippen molar-refractivity contribution < 1.29 is 23.8 Å². The van der Waals surface area contributed by atoms with Crippen LogP contribution in [0, 0.1) is 5.82 Å². The molecule has 1 aliphatic heterocycles. The van der Waals surface area contributed by atoms with Crippen LogP contribution in [-0.2, 0) is 37.6 Å². The molecule has 2 aromatic heterocycles. The molecular weight excluding hydrogens is 557 g/mol. The average molecular weight is 590 g/mol. The summed E-state index contributed by atoms with van der Waals surface area (Å²) in [6.07, 6.45) is 3.42. The molecule has 0 fully saturated rings. The predicted octanol–water partition coefficient (Wildman–Crippen LogP) is 7.22. The zero-order valence-corrected chi connectivity index (χ0v) is 24.5. The minimum Gasteiger partial charge on any atom is -0.493 e. The molecule has 0 amide bonds. The maximum Gasteiger partial charge on any atom is 0.352 e. The minimum absolute atomic E-state index is 0.250. The van der Waals surface area contributed by atoms with E-state index in [0.29, 0.717) is 50.0 Å². The normalized spacial score (nSPS) is 13.7. The van der Waals surface area contributed by atoms with E-state index in [0.717, 1.165) is 69.0 Å². The lowest BCUT2D eigenvalue weighted by Gasteiger charge is -2.14. The number of hydrogen-bond donors (Lipinski definition) is 1. The van der Waals surface area contributed by atoms with Gasteiger partial charge in [0, 0.05) is 47.8 Å². The van der Waals surface area contributed by atoms with E-state index in [-0.39, 0.29) is 11.5 Å². The van der Waals surface area contributed by atoms with Crippen molar-refractivity contribution in [3.63, 3.8) is 0 Å². The predicted molar refractivity (Wildman–Crippen MR) is 162 cm³/mol. The van der Waals surface area contributed by atoms with Crippen LogP contribution < -0.4 is 4.74 Å². The monoisotopic (exact) mass is 589 g/mol. The number of fused-ring (bicyclic) bond motifs is 3. The van der Waals surface area contributed by atoms with Gasteiger partial charge in [0.15, 0.2) is 0 Å². The minimum atomic E-state index is -0.989. The van der Waals surface area contributed by atoms with Crippen molar-refractivity contribution in [1.29, 1.82) is 0 Å². The van der Waals surface area contributed by atoms with E-state index in [4.69, 9.17) is 26.2 Å². The number of nitrogens with zero attached hydrogens (tertiary/aromatic N) is 3. The third-order valence-electron chi connectivity index (χ3n) is 8.10. The fourth-order valence-electron chi connectivity index (χ4n) is 6.28. The van der Waals surface area contributed by atoms with Crippen LogP contribution in [0.2, 0.25) is 5.02 Å². The van der Waals surface area contributed by atoms with E-state index >= 15 is 0 Å². The molecule has 0 atom stereocenters. The van der Waals surface area contributed by atoms with E-state index in [9.17, 15) is 14.3 Å². The number of halogens is 2. The SMILES string of the molecule is CCc1nn(C)c2c1-c1c(Cl)ccc3c(CCCOc4cccc5cc(F)ccc45)c(C(=O)O)n(c13)CCOCCC2. The number of carboxylic acid groups (broad SMARTS) is 1. The number of carboxylic acids is 1. The second kappa shape index (κ2) is 11.8. The molecule has 7 nitrogen and oxygen atoms in total. The Bertz CT molecular complexity index is 1810. The van der Waals surface area contributed by atoms with Gasteiger partial charge in [-0.3, -0.25) is 4.68 Å². The standard InChI is InChI=1S/C33H33ClFN3O4/c1-3-26-30-27(37(2)36-26)9-6-16-41-18-15-38-31-24(13-14-25(34)29(30)31)23(32(38)33(39)40)8-5-17-42-28-10-4-7-20-19-21(35)11-12-22(20)28/h4,7,10-14,19H,3,5-6,8-9,15-18H2,1-2H3,(H,39,40). The first-order valence-corrected chi connectivity index (χ1v) is 14.8. The first-order valence-electron chi connectivity index (χ1n) is 14.4. The van der Waals surface area contributed by atoms with Gasteiger partial charge < -0.3 is 19.1 Å². The molecule has 0 radical (unpaired) electrons. The Morgan fingerprint density at radius 2 is 1.98 bits per heavy atom. The van der Waals surface area contributed by atoms with E-state index < -0.39 is 5.97 Å². The number of aromatic nitrogens is 3. The molecule has 6 rings (SSSR count). The lowest BCUT2D eigenvalue weighted by Crippen LogP contribution is -2.15. The maximum absolute atomic E-state index is 13.7. The highest BCUT2D eigenvalue weighted by Gasteiger charge is 2.29. The Balaban J connectivity index is 1.42. The lowest BCUT2D eigenvalue weighted by atomic mass is 9.96. The summed E-state index contributed by atoms with van der Waals surface area (Å²) in [5, 5.41) is 18.4. The summed E-state index contributed by atoms with van der Waals surface area (Å²) < 4.78 is 29.6. The van der Waals surface area contributed by atoms with Gasteiger partial charge in [-0.25, -0.2) is 9.18 Å². The molecule has 0 bridgehead atoms. The van der Waals surface area contributed by atoms with E-state index in [1.807, 2.05) is 46.6 Å². The highest BCUT2D eigenvalue weighted by Crippen LogP contribution is 2.43. The number of aromatic carboxylic acids is 1. The van der Waals surface area contributed by atoms with Crippen molar-refractivity contribution in [3.8, 4) is 16.9 Å². The van der Waals surface area contributed by atoms with Crippen molar-refractivity contribution >= 4 is 39.2 Å². The van der Waals surface area contributed by atoms with Crippen LogP contribution in [0.5, 0.6) is 5.75 Å². The summed E-state index contributed by atoms with van der Waals surface area (Å²) in [6, 6.07) is 14.0. The second-order valence-corrected chi connectivity index (χ2v) is 11.0. The van der Waals surface area contributed by atoms with Crippen molar-refractivity contribution in [3.05, 3.63) is 82.0 Å². The fourth-order valence-corrected chi connectivity index (χ4v) is 6.52. The second-order valence-electron chi connectivity index (χ2n) is 10.6. The summed E-state index contributed by atoms with van der Waals surface area (Å²) in [7, 11) is 1.95. The van der Waals surface area contributed by atoms with E-state index in [1.54, 1.807) is 6.07 Å². The molecule has 3 aromatic carbocycles. The molecule has 218 valence electrons. The number of hydrogen-bond acceptors (Lipinski definition) is 4. The number of aryl methyl sites for hydroxylation is 3. The summed E-state index contributed by atoms with van der Waals surface area (Å²) in [6.45, 7) is 3.82. The summed E-state index contributed by atoms with van der Waals surface area (Å²) in [5.74, 6) is -0.611. The van der Waals surface area contributed by atoms with Crippen LogP contribution in [-0.4, -0.2) is 45.2 Å². The molecule has 3 heterocycles. The van der Waals surface area contributed by atoms with Crippen molar-refractivity contribution in [2.45, 2.75) is 45.6 Å². The zero-order valence-electron chi connectivity index (χ0n) is 23.8. The van der Waals surface area contributed by atoms with Crippen LogP contribution in [0.3, 0.4) is 0 Å². The highest BCUT2D eigenvalue weighted by atomic mass is 35.5. The van der Waals surface area contributed by atoms with Crippen LogP contribution in [0.1, 0.15) is 47.2 Å². The smallest absolute Gasteiger partial charge is 0.352 e. The van der Waals surface area contributed by atoms with Gasteiger partial charge >= 0.3 is 5.97 Å². The van der Waals surface area contributed by atoms with Gasteiger partial charge in [0.1, 0.15) is 17.3 Å². The average Bonchev–Trinajstić information content (AvgIpc) is 3.45. The summed E-state index contributed by atoms with van der Waals surface area (Å²) in [4.78, 5) is 12.8. The van der Waals surface area contributed by atoms with Gasteiger partial charge in [-0.15, -0.1) is 0 Å². The Morgan fingerprint density at radius 3 is 2.79 bits per heavy atom. The van der Waals surface area contributed by atoms with Crippen molar-refractivity contribution in [2.24, 2.45) is 7.05 Å². The molecule has 0 spiro atoms. The summed E-state index contributed by atoms with van der Waals surface area (Å²) >= 11 is 6.96. The maximum atomic E-state index is 13.7. The number of ether oxygens (including phenoxy) is 2. The van der Waals surface area contributed by atoms with Gasteiger partial charge in [-0.05, 0) is 73.4 Å². The molecule has 0 saturated heterocycles. The van der Waals surface area contributed by atoms with Gasteiger partial charge in [0.2, 0.25) is 0 Å². The van der Waals surface area contributed by atoms with E-state index in [2.05, 4.69) is 6.92 Å². The van der Waals surface area contributed by atoms with Crippen LogP contribution in [0.25, 0.3) is 32.8 Å². The van der Waals surface area contributed by atoms with Crippen LogP contribution >= 0.6 is 11.6 Å². The molecule has 42 heavy (non-hydrogen) atoms. The van der Waals surface area contributed by atoms with E-state index in [1.165, 1.54) is 12.1 Å².